The van der Waals surface area contributed by atoms with Gasteiger partial charge in [0.15, 0.2) is 0 Å². The Morgan fingerprint density at radius 3 is 2.63 bits per heavy atom. The summed E-state index contributed by atoms with van der Waals surface area (Å²) in [6.45, 7) is 9.17. The Balaban J connectivity index is 0.000000147. The van der Waals surface area contributed by atoms with Crippen LogP contribution in [0, 0.1) is 5.92 Å². The molecule has 0 aliphatic carbocycles. The number of aromatic nitrogens is 3. The Morgan fingerprint density at radius 2 is 1.89 bits per heavy atom. The van der Waals surface area contributed by atoms with Crippen LogP contribution < -0.4 is 0 Å². The van der Waals surface area contributed by atoms with Crippen molar-refractivity contribution in [1.82, 2.24) is 24.2 Å². The molecule has 35 heavy (non-hydrogen) atoms. The highest BCUT2D eigenvalue weighted by Crippen LogP contribution is 2.31. The lowest BCUT2D eigenvalue weighted by molar-refractivity contribution is 0.0727. The first kappa shape index (κ1) is 23.9. The van der Waals surface area contributed by atoms with E-state index in [0.29, 0.717) is 12.6 Å². The summed E-state index contributed by atoms with van der Waals surface area (Å²) in [6, 6.07) is 14.8. The molecule has 186 valence electrons. The summed E-state index contributed by atoms with van der Waals surface area (Å²) >= 11 is 0. The lowest BCUT2D eigenvalue weighted by Crippen LogP contribution is -2.46. The van der Waals surface area contributed by atoms with Crippen molar-refractivity contribution in [2.75, 3.05) is 26.3 Å². The van der Waals surface area contributed by atoms with Crippen molar-refractivity contribution in [3.63, 3.8) is 0 Å². The molecule has 0 bridgehead atoms. The third-order valence-electron chi connectivity index (χ3n) is 7.02. The maximum atomic E-state index is 13.9. The molecular formula is C28H35F2N5. The summed E-state index contributed by atoms with van der Waals surface area (Å²) in [4.78, 5) is 12.5. The average Bonchev–Trinajstić information content (AvgIpc) is 3.36. The Morgan fingerprint density at radius 1 is 1.11 bits per heavy atom. The van der Waals surface area contributed by atoms with Crippen LogP contribution in [0.2, 0.25) is 0 Å². The SMILES string of the molecule is CC1Cc2c([nH]c3ccccc23)CN1CC(C)(C)F.FCC1CN(Cc2cn3ccccc3n2)C1. The van der Waals surface area contributed by atoms with Gasteiger partial charge in [-0.25, -0.2) is 9.37 Å². The number of nitrogens with one attached hydrogen (secondary N) is 1. The Labute approximate surface area is 205 Å². The van der Waals surface area contributed by atoms with E-state index in [0.717, 1.165) is 43.9 Å². The number of likely N-dealkylation sites (tertiary alicyclic amines) is 1. The Hall–Kier alpha value is -2.77. The van der Waals surface area contributed by atoms with Gasteiger partial charge in [-0.15, -0.1) is 0 Å². The molecule has 3 aromatic heterocycles. The predicted octanol–water partition coefficient (Wildman–Crippen LogP) is 5.40. The molecular weight excluding hydrogens is 444 g/mol. The third kappa shape index (κ3) is 5.41. The molecule has 5 nitrogen and oxygen atoms in total. The Bertz CT molecular complexity index is 1250. The second kappa shape index (κ2) is 9.70. The van der Waals surface area contributed by atoms with Gasteiger partial charge in [-0.1, -0.05) is 24.3 Å². The van der Waals surface area contributed by atoms with E-state index < -0.39 is 5.67 Å². The van der Waals surface area contributed by atoms with Crippen LogP contribution in [0.15, 0.2) is 54.9 Å². The summed E-state index contributed by atoms with van der Waals surface area (Å²) in [7, 11) is 0. The molecule has 0 spiro atoms. The second-order valence-electron chi connectivity index (χ2n) is 10.7. The minimum atomic E-state index is -1.14. The van der Waals surface area contributed by atoms with Crippen LogP contribution in [-0.4, -0.2) is 62.2 Å². The van der Waals surface area contributed by atoms with Crippen LogP contribution in [0.25, 0.3) is 16.6 Å². The van der Waals surface area contributed by atoms with Gasteiger partial charge in [0.2, 0.25) is 0 Å². The van der Waals surface area contributed by atoms with E-state index >= 15 is 0 Å². The van der Waals surface area contributed by atoms with Gasteiger partial charge >= 0.3 is 0 Å². The van der Waals surface area contributed by atoms with E-state index in [-0.39, 0.29) is 12.6 Å². The topological polar surface area (TPSA) is 39.6 Å². The first-order chi connectivity index (χ1) is 16.8. The molecule has 0 radical (unpaired) electrons. The van der Waals surface area contributed by atoms with Gasteiger partial charge in [0.05, 0.1) is 12.4 Å². The lowest BCUT2D eigenvalue weighted by atomic mass is 9.96. The van der Waals surface area contributed by atoms with Crippen molar-refractivity contribution in [1.29, 1.82) is 0 Å². The fraction of sp³-hybridized carbons (Fsp3) is 0.464. The normalized spacial score (nSPS) is 19.4. The number of hydrogen-bond acceptors (Lipinski definition) is 3. The summed E-state index contributed by atoms with van der Waals surface area (Å²) in [5.74, 6) is 0.247. The molecule has 2 aliphatic heterocycles. The molecule has 0 saturated carbocycles. The second-order valence-corrected chi connectivity index (χ2v) is 10.7. The molecule has 1 saturated heterocycles. The number of rotatable bonds is 5. The number of hydrogen-bond donors (Lipinski definition) is 1. The molecule has 4 aromatic rings. The van der Waals surface area contributed by atoms with Crippen molar-refractivity contribution in [3.8, 4) is 0 Å². The zero-order chi connectivity index (χ0) is 24.6. The summed E-state index contributed by atoms with van der Waals surface area (Å²) in [6.07, 6.45) is 5.03. The number of halogens is 2. The molecule has 2 aliphatic rings. The largest absolute Gasteiger partial charge is 0.357 e. The maximum Gasteiger partial charge on any atom is 0.137 e. The van der Waals surface area contributed by atoms with E-state index in [2.05, 4.69) is 51.0 Å². The monoisotopic (exact) mass is 479 g/mol. The van der Waals surface area contributed by atoms with Crippen LogP contribution in [0.5, 0.6) is 0 Å². The van der Waals surface area contributed by atoms with Gasteiger partial charge in [-0.05, 0) is 51.0 Å². The number of aromatic amines is 1. The molecule has 1 fully saturated rings. The van der Waals surface area contributed by atoms with Gasteiger partial charge in [0.25, 0.3) is 0 Å². The molecule has 7 heteroatoms. The first-order valence-electron chi connectivity index (χ1n) is 12.5. The van der Waals surface area contributed by atoms with Crippen LogP contribution in [0.4, 0.5) is 8.78 Å². The van der Waals surface area contributed by atoms with Crippen molar-refractivity contribution in [3.05, 3.63) is 71.8 Å². The van der Waals surface area contributed by atoms with E-state index in [1.807, 2.05) is 35.0 Å². The zero-order valence-corrected chi connectivity index (χ0v) is 20.8. The molecule has 1 aromatic carbocycles. The van der Waals surface area contributed by atoms with E-state index in [1.165, 1.54) is 22.2 Å². The average molecular weight is 480 g/mol. The molecule has 1 atom stereocenters. The quantitative estimate of drug-likeness (QED) is 0.417. The fourth-order valence-corrected chi connectivity index (χ4v) is 5.30. The van der Waals surface area contributed by atoms with Crippen molar-refractivity contribution in [2.45, 2.75) is 52.0 Å². The maximum absolute atomic E-state index is 13.9. The first-order valence-corrected chi connectivity index (χ1v) is 12.5. The van der Waals surface area contributed by atoms with Crippen LogP contribution >= 0.6 is 0 Å². The number of fused-ring (bicyclic) bond motifs is 4. The molecule has 1 N–H and O–H groups in total. The van der Waals surface area contributed by atoms with Crippen molar-refractivity contribution >= 4 is 16.6 Å². The summed E-state index contributed by atoms with van der Waals surface area (Å²) in [5.41, 5.74) is 4.75. The number of H-pyrrole nitrogens is 1. The van der Waals surface area contributed by atoms with Crippen molar-refractivity contribution in [2.24, 2.45) is 5.92 Å². The zero-order valence-electron chi connectivity index (χ0n) is 20.8. The van der Waals surface area contributed by atoms with Gasteiger partial charge in [-0.3, -0.25) is 14.2 Å². The highest BCUT2D eigenvalue weighted by atomic mass is 19.1. The lowest BCUT2D eigenvalue weighted by Gasteiger charge is -2.37. The minimum absolute atomic E-state index is 0.193. The number of benzene rings is 1. The van der Waals surface area contributed by atoms with E-state index in [9.17, 15) is 8.78 Å². The predicted molar refractivity (Wildman–Crippen MR) is 137 cm³/mol. The standard InChI is InChI=1S/C16H21FN2.C12H14FN3/c1-11-8-13-12-6-4-5-7-14(12)18-15(13)9-19(11)10-16(2,3)17;13-5-10-6-15(7-10)8-11-9-16-4-2-1-3-12(16)14-11/h4-7,11,18H,8-10H2,1-3H3;1-4,9-10H,5-8H2. The van der Waals surface area contributed by atoms with E-state index in [4.69, 9.17) is 0 Å². The van der Waals surface area contributed by atoms with Gasteiger partial charge in [0, 0.05) is 73.7 Å². The van der Waals surface area contributed by atoms with E-state index in [1.54, 1.807) is 13.8 Å². The summed E-state index contributed by atoms with van der Waals surface area (Å²) in [5, 5.41) is 1.32. The fourth-order valence-electron chi connectivity index (χ4n) is 5.30. The van der Waals surface area contributed by atoms with Crippen LogP contribution in [-0.2, 0) is 19.5 Å². The molecule has 6 rings (SSSR count). The smallest absolute Gasteiger partial charge is 0.137 e. The highest BCUT2D eigenvalue weighted by molar-refractivity contribution is 5.84. The third-order valence-corrected chi connectivity index (χ3v) is 7.02. The molecule has 0 amide bonds. The molecule has 1 unspecified atom stereocenters. The number of alkyl halides is 2. The summed E-state index contributed by atoms with van der Waals surface area (Å²) < 4.78 is 28.2. The van der Waals surface area contributed by atoms with Crippen LogP contribution in [0.1, 0.15) is 37.7 Å². The molecule has 5 heterocycles. The van der Waals surface area contributed by atoms with Gasteiger partial charge in [0.1, 0.15) is 11.3 Å². The number of para-hydroxylation sites is 1. The van der Waals surface area contributed by atoms with Gasteiger partial charge in [-0.2, -0.15) is 0 Å². The Kier molecular flexibility index (Phi) is 6.64. The van der Waals surface area contributed by atoms with Gasteiger partial charge < -0.3 is 9.38 Å². The number of imidazole rings is 1. The number of pyridine rings is 1. The minimum Gasteiger partial charge on any atom is -0.357 e. The highest BCUT2D eigenvalue weighted by Gasteiger charge is 2.30. The van der Waals surface area contributed by atoms with Crippen molar-refractivity contribution < 1.29 is 8.78 Å². The van der Waals surface area contributed by atoms with Crippen LogP contribution in [0.3, 0.4) is 0 Å². The number of nitrogens with zero attached hydrogens (tertiary/aromatic N) is 4.